The zero-order chi connectivity index (χ0) is 23.0. The molecule has 1 saturated heterocycles. The van der Waals surface area contributed by atoms with Gasteiger partial charge >= 0.3 is 0 Å². The highest BCUT2D eigenvalue weighted by Gasteiger charge is 2.52. The molecule has 6 nitrogen and oxygen atoms in total. The van der Waals surface area contributed by atoms with Crippen LogP contribution in [0.2, 0.25) is 0 Å². The Morgan fingerprint density at radius 1 is 1.03 bits per heavy atom. The molecule has 0 spiro atoms. The van der Waals surface area contributed by atoms with Gasteiger partial charge in [-0.3, -0.25) is 9.69 Å². The van der Waals surface area contributed by atoms with Crippen molar-refractivity contribution in [3.8, 4) is 11.5 Å². The fraction of sp³-hybridized carbons (Fsp3) is 0.385. The number of rotatable bonds is 2. The predicted octanol–water partition coefficient (Wildman–Crippen LogP) is 5.44. The first-order valence-corrected chi connectivity index (χ1v) is 13.1. The van der Waals surface area contributed by atoms with Gasteiger partial charge in [0.2, 0.25) is 6.79 Å². The van der Waals surface area contributed by atoms with Gasteiger partial charge in [-0.1, -0.05) is 41.3 Å². The first kappa shape index (κ1) is 20.8. The van der Waals surface area contributed by atoms with Gasteiger partial charge in [-0.15, -0.1) is 0 Å². The minimum atomic E-state index is -0.296. The van der Waals surface area contributed by atoms with E-state index in [1.807, 2.05) is 23.1 Å². The second-order valence-corrected chi connectivity index (χ2v) is 10.9. The lowest BCUT2D eigenvalue weighted by Crippen LogP contribution is -2.44. The Labute approximate surface area is 211 Å². The van der Waals surface area contributed by atoms with Gasteiger partial charge in [0.15, 0.2) is 16.6 Å². The third-order valence-corrected chi connectivity index (χ3v) is 8.69. The number of carbonyl (C=O) groups excluding carboxylic acids is 1. The van der Waals surface area contributed by atoms with Crippen LogP contribution in [-0.4, -0.2) is 44.7 Å². The molecule has 8 heteroatoms. The fourth-order valence-electron chi connectivity index (χ4n) is 6.22. The van der Waals surface area contributed by atoms with Crippen molar-refractivity contribution >= 4 is 50.1 Å². The van der Waals surface area contributed by atoms with E-state index >= 15 is 0 Å². The number of fused-ring (bicyclic) bond motifs is 5. The highest BCUT2D eigenvalue weighted by molar-refractivity contribution is 9.10. The first-order valence-electron chi connectivity index (χ1n) is 11.9. The van der Waals surface area contributed by atoms with Crippen molar-refractivity contribution in [3.05, 3.63) is 57.7 Å². The van der Waals surface area contributed by atoms with E-state index in [9.17, 15) is 4.79 Å². The summed E-state index contributed by atoms with van der Waals surface area (Å²) in [5, 5.41) is 1.82. The van der Waals surface area contributed by atoms with Gasteiger partial charge in [0.1, 0.15) is 6.04 Å². The van der Waals surface area contributed by atoms with Crippen LogP contribution in [0.3, 0.4) is 0 Å². The summed E-state index contributed by atoms with van der Waals surface area (Å²) in [6.45, 7) is 0.230. The third kappa shape index (κ3) is 2.97. The molecule has 3 aliphatic heterocycles. The van der Waals surface area contributed by atoms with Gasteiger partial charge in [0.05, 0.1) is 6.04 Å². The van der Waals surface area contributed by atoms with E-state index < -0.39 is 0 Å². The summed E-state index contributed by atoms with van der Waals surface area (Å²) in [5.74, 6) is 1.64. The molecule has 0 bridgehead atoms. The monoisotopic (exact) mass is 537 g/mol. The molecular weight excluding hydrogens is 514 g/mol. The van der Waals surface area contributed by atoms with Gasteiger partial charge in [-0.2, -0.15) is 0 Å². The van der Waals surface area contributed by atoms with Gasteiger partial charge < -0.3 is 19.4 Å². The zero-order valence-electron chi connectivity index (χ0n) is 18.6. The minimum absolute atomic E-state index is 0.151. The van der Waals surface area contributed by atoms with Crippen molar-refractivity contribution in [2.24, 2.45) is 0 Å². The maximum Gasteiger partial charge on any atom is 0.252 e. The van der Waals surface area contributed by atoms with Crippen molar-refractivity contribution in [3.63, 3.8) is 0 Å². The summed E-state index contributed by atoms with van der Waals surface area (Å²) < 4.78 is 12.3. The number of amides is 1. The van der Waals surface area contributed by atoms with Crippen LogP contribution in [0.1, 0.15) is 55.0 Å². The normalized spacial score (nSPS) is 24.1. The number of ether oxygens (including phenoxy) is 2. The van der Waals surface area contributed by atoms with Crippen molar-refractivity contribution in [1.82, 2.24) is 14.8 Å². The molecule has 34 heavy (non-hydrogen) atoms. The Morgan fingerprint density at radius 2 is 1.85 bits per heavy atom. The first-order chi connectivity index (χ1) is 16.6. The quantitative estimate of drug-likeness (QED) is 0.441. The van der Waals surface area contributed by atoms with Crippen LogP contribution in [0, 0.1) is 0 Å². The van der Waals surface area contributed by atoms with E-state index in [0.717, 1.165) is 63.8 Å². The second kappa shape index (κ2) is 7.71. The number of aromatic amines is 1. The highest BCUT2D eigenvalue weighted by atomic mass is 79.9. The Hall–Kier alpha value is -2.58. The van der Waals surface area contributed by atoms with E-state index in [-0.39, 0.29) is 30.8 Å². The largest absolute Gasteiger partial charge is 0.454 e. The average molecular weight is 538 g/mol. The van der Waals surface area contributed by atoms with Crippen LogP contribution in [0.4, 0.5) is 0 Å². The summed E-state index contributed by atoms with van der Waals surface area (Å²) in [6, 6.07) is 12.1. The number of aromatic nitrogens is 1. The Morgan fingerprint density at radius 3 is 2.71 bits per heavy atom. The topological polar surface area (TPSA) is 57.8 Å². The summed E-state index contributed by atoms with van der Waals surface area (Å²) in [6.07, 6.45) is 6.26. The number of hydrogen-bond acceptors (Lipinski definition) is 4. The standard InChI is InChI=1S/C26H24BrN3O3S/c27-15-7-8-19-17(11-15)18-12-20-25(31)29(16-4-2-1-3-5-16)26(34)30(20)24(23(18)28-19)14-6-9-21-22(10-14)33-13-32-21/h6-11,16,20,24,28H,1-5,12-13H2. The average Bonchev–Trinajstić information content (AvgIpc) is 3.53. The van der Waals surface area contributed by atoms with Gasteiger partial charge in [-0.25, -0.2) is 0 Å². The van der Waals surface area contributed by atoms with Crippen molar-refractivity contribution < 1.29 is 14.3 Å². The molecule has 174 valence electrons. The molecular formula is C26H24BrN3O3S. The van der Waals surface area contributed by atoms with E-state index in [1.54, 1.807) is 0 Å². The van der Waals surface area contributed by atoms with E-state index in [4.69, 9.17) is 21.7 Å². The molecule has 1 aliphatic carbocycles. The zero-order valence-corrected chi connectivity index (χ0v) is 21.0. The SMILES string of the molecule is O=C1C2Cc3c([nH]c4ccc(Br)cc34)C(c3ccc4c(c3)OCO4)N2C(=S)N1C1CCCCC1. The maximum absolute atomic E-state index is 13.9. The summed E-state index contributed by atoms with van der Waals surface area (Å²) in [7, 11) is 0. The van der Waals surface area contributed by atoms with Gasteiger partial charge in [0.25, 0.3) is 5.91 Å². The number of nitrogens with zero attached hydrogens (tertiary/aromatic N) is 2. The number of nitrogens with one attached hydrogen (secondary N) is 1. The van der Waals surface area contributed by atoms with Crippen LogP contribution in [0.15, 0.2) is 40.9 Å². The molecule has 7 rings (SSSR count). The van der Waals surface area contributed by atoms with Gasteiger partial charge in [-0.05, 0) is 66.5 Å². The van der Waals surface area contributed by atoms with Crippen LogP contribution < -0.4 is 9.47 Å². The fourth-order valence-corrected chi connectivity index (χ4v) is 7.05. The minimum Gasteiger partial charge on any atom is -0.454 e. The number of thiocarbonyl (C=S) groups is 1. The van der Waals surface area contributed by atoms with Crippen LogP contribution >= 0.6 is 28.1 Å². The maximum atomic E-state index is 13.9. The molecule has 2 unspecified atom stereocenters. The van der Waals surface area contributed by atoms with Crippen molar-refractivity contribution in [2.45, 2.75) is 56.7 Å². The van der Waals surface area contributed by atoms with E-state index in [1.165, 1.54) is 12.0 Å². The number of benzene rings is 2. The third-order valence-electron chi connectivity index (χ3n) is 7.79. The molecule has 1 aromatic heterocycles. The van der Waals surface area contributed by atoms with E-state index in [0.29, 0.717) is 11.5 Å². The molecule has 1 amide bonds. The second-order valence-electron chi connectivity index (χ2n) is 9.63. The molecule has 1 N–H and O–H groups in total. The number of halogens is 1. The molecule has 4 heterocycles. The lowest BCUT2D eigenvalue weighted by Gasteiger charge is -2.38. The van der Waals surface area contributed by atoms with Crippen LogP contribution in [0.5, 0.6) is 11.5 Å². The molecule has 0 radical (unpaired) electrons. The molecule has 1 saturated carbocycles. The smallest absolute Gasteiger partial charge is 0.252 e. The summed E-state index contributed by atoms with van der Waals surface area (Å²) in [5.41, 5.74) is 4.41. The molecule has 2 aromatic carbocycles. The lowest BCUT2D eigenvalue weighted by molar-refractivity contribution is -0.130. The molecule has 4 aliphatic rings. The molecule has 2 fully saturated rings. The van der Waals surface area contributed by atoms with Gasteiger partial charge in [0, 0.05) is 33.5 Å². The number of H-pyrrole nitrogens is 1. The molecule has 3 aromatic rings. The number of carbonyl (C=O) groups is 1. The van der Waals surface area contributed by atoms with Crippen LogP contribution in [-0.2, 0) is 11.2 Å². The lowest BCUT2D eigenvalue weighted by atomic mass is 9.88. The summed E-state index contributed by atoms with van der Waals surface area (Å²) >= 11 is 9.68. The Kier molecular flexibility index (Phi) is 4.71. The van der Waals surface area contributed by atoms with Crippen LogP contribution in [0.25, 0.3) is 10.9 Å². The Bertz CT molecular complexity index is 1350. The predicted molar refractivity (Wildman–Crippen MR) is 136 cm³/mol. The van der Waals surface area contributed by atoms with E-state index in [2.05, 4.69) is 44.0 Å². The summed E-state index contributed by atoms with van der Waals surface area (Å²) in [4.78, 5) is 21.7. The molecule has 2 atom stereocenters. The van der Waals surface area contributed by atoms with Crippen molar-refractivity contribution in [2.75, 3.05) is 6.79 Å². The van der Waals surface area contributed by atoms with Crippen molar-refractivity contribution in [1.29, 1.82) is 0 Å². The Balaban J connectivity index is 1.40. The number of hydrogen-bond donors (Lipinski definition) is 1. The highest BCUT2D eigenvalue weighted by Crippen LogP contribution is 2.47.